The summed E-state index contributed by atoms with van der Waals surface area (Å²) in [6.45, 7) is 1.69. The van der Waals surface area contributed by atoms with Crippen molar-refractivity contribution < 1.29 is 28.6 Å². The van der Waals surface area contributed by atoms with Gasteiger partial charge in [-0.25, -0.2) is 19.4 Å². The highest BCUT2D eigenvalue weighted by Gasteiger charge is 2.30. The first-order valence-electron chi connectivity index (χ1n) is 6.91. The van der Waals surface area contributed by atoms with Crippen molar-refractivity contribution in [2.45, 2.75) is 6.92 Å². The number of carbonyl (C=O) groups excluding carboxylic acids is 3. The number of ether oxygens (including phenoxy) is 3. The van der Waals surface area contributed by atoms with Gasteiger partial charge in [0.15, 0.2) is 5.69 Å². The van der Waals surface area contributed by atoms with Crippen LogP contribution in [0, 0.1) is 0 Å². The van der Waals surface area contributed by atoms with Gasteiger partial charge in [-0.15, -0.1) is 0 Å². The number of fused-ring (bicyclic) bond motifs is 1. The second-order valence-corrected chi connectivity index (χ2v) is 5.01. The zero-order chi connectivity index (χ0) is 17.9. The van der Waals surface area contributed by atoms with Crippen LogP contribution in [0.3, 0.4) is 0 Å². The standard InChI is InChI=1S/C16H14ClNO6/c1-4-24-16(21)13-12(15(20)23-3)11(14(19)22-2)9-7-8(17)5-6-10(9)18-13/h5-7H,4H2,1-3H3. The number of hydrogen-bond acceptors (Lipinski definition) is 7. The van der Waals surface area contributed by atoms with Crippen molar-refractivity contribution in [2.24, 2.45) is 0 Å². The summed E-state index contributed by atoms with van der Waals surface area (Å²) in [4.78, 5) is 40.8. The van der Waals surface area contributed by atoms with E-state index >= 15 is 0 Å². The molecule has 24 heavy (non-hydrogen) atoms. The molecule has 1 heterocycles. The van der Waals surface area contributed by atoms with Crippen LogP contribution < -0.4 is 0 Å². The summed E-state index contributed by atoms with van der Waals surface area (Å²) in [5.74, 6) is -2.58. The average molecular weight is 352 g/mol. The van der Waals surface area contributed by atoms with Crippen LogP contribution in [0.1, 0.15) is 38.1 Å². The van der Waals surface area contributed by atoms with Crippen molar-refractivity contribution in [1.29, 1.82) is 0 Å². The normalized spacial score (nSPS) is 10.3. The van der Waals surface area contributed by atoms with Crippen molar-refractivity contribution in [3.63, 3.8) is 0 Å². The maximum absolute atomic E-state index is 12.3. The third-order valence-corrected chi connectivity index (χ3v) is 3.43. The molecule has 0 atom stereocenters. The molecule has 0 radical (unpaired) electrons. The predicted molar refractivity (Wildman–Crippen MR) is 85.4 cm³/mol. The van der Waals surface area contributed by atoms with Crippen LogP contribution in [-0.2, 0) is 14.2 Å². The Morgan fingerprint density at radius 2 is 1.67 bits per heavy atom. The smallest absolute Gasteiger partial charge is 0.357 e. The number of carbonyl (C=O) groups is 3. The predicted octanol–water partition coefficient (Wildman–Crippen LogP) is 2.64. The highest BCUT2D eigenvalue weighted by Crippen LogP contribution is 2.28. The monoisotopic (exact) mass is 351 g/mol. The molecule has 2 rings (SSSR count). The van der Waals surface area contributed by atoms with Gasteiger partial charge < -0.3 is 14.2 Å². The molecule has 1 aromatic heterocycles. The molecule has 0 aliphatic heterocycles. The van der Waals surface area contributed by atoms with E-state index in [0.717, 1.165) is 14.2 Å². The summed E-state index contributed by atoms with van der Waals surface area (Å²) in [7, 11) is 2.28. The van der Waals surface area contributed by atoms with Gasteiger partial charge >= 0.3 is 17.9 Å². The fourth-order valence-corrected chi connectivity index (χ4v) is 2.37. The van der Waals surface area contributed by atoms with Crippen LogP contribution in [0.2, 0.25) is 5.02 Å². The highest BCUT2D eigenvalue weighted by atomic mass is 35.5. The van der Waals surface area contributed by atoms with Gasteiger partial charge in [-0.05, 0) is 25.1 Å². The van der Waals surface area contributed by atoms with Gasteiger partial charge in [-0.2, -0.15) is 0 Å². The minimum Gasteiger partial charge on any atom is -0.465 e. The van der Waals surface area contributed by atoms with Gasteiger partial charge in [-0.3, -0.25) is 0 Å². The molecule has 2 aromatic rings. The topological polar surface area (TPSA) is 91.8 Å². The Labute approximate surface area is 142 Å². The lowest BCUT2D eigenvalue weighted by Gasteiger charge is -2.13. The second-order valence-electron chi connectivity index (χ2n) is 4.58. The van der Waals surface area contributed by atoms with Crippen LogP contribution in [0.4, 0.5) is 0 Å². The molecule has 1 aromatic carbocycles. The van der Waals surface area contributed by atoms with Gasteiger partial charge in [-0.1, -0.05) is 11.6 Å². The van der Waals surface area contributed by atoms with Gasteiger partial charge in [0.05, 0.1) is 31.9 Å². The number of benzene rings is 1. The zero-order valence-corrected chi connectivity index (χ0v) is 14.0. The quantitative estimate of drug-likeness (QED) is 0.617. The first kappa shape index (κ1) is 17.7. The first-order valence-corrected chi connectivity index (χ1v) is 7.29. The minimum absolute atomic E-state index is 0.0767. The van der Waals surface area contributed by atoms with Crippen LogP contribution in [0.25, 0.3) is 10.9 Å². The fraction of sp³-hybridized carbons (Fsp3) is 0.250. The SMILES string of the molecule is CCOC(=O)c1nc2ccc(Cl)cc2c(C(=O)OC)c1C(=O)OC. The lowest BCUT2D eigenvalue weighted by molar-refractivity contribution is 0.0493. The van der Waals surface area contributed by atoms with Crippen molar-refractivity contribution in [3.05, 3.63) is 40.0 Å². The third kappa shape index (κ3) is 3.16. The average Bonchev–Trinajstić information content (AvgIpc) is 2.58. The molecule has 8 heteroatoms. The Morgan fingerprint density at radius 3 is 2.25 bits per heavy atom. The van der Waals surface area contributed by atoms with E-state index in [2.05, 4.69) is 4.98 Å². The molecule has 0 spiro atoms. The number of rotatable bonds is 4. The van der Waals surface area contributed by atoms with Crippen LogP contribution in [0.5, 0.6) is 0 Å². The number of hydrogen-bond donors (Lipinski definition) is 0. The molecule has 0 bridgehead atoms. The van der Waals surface area contributed by atoms with E-state index < -0.39 is 17.9 Å². The summed E-state index contributed by atoms with van der Waals surface area (Å²) in [5.41, 5.74) is -0.508. The lowest BCUT2D eigenvalue weighted by atomic mass is 10.00. The van der Waals surface area contributed by atoms with E-state index in [4.69, 9.17) is 25.8 Å². The summed E-state index contributed by atoms with van der Waals surface area (Å²) < 4.78 is 14.4. The van der Waals surface area contributed by atoms with E-state index in [1.165, 1.54) is 12.1 Å². The molecular formula is C16H14ClNO6. The molecule has 126 valence electrons. The number of esters is 3. The van der Waals surface area contributed by atoms with E-state index in [1.54, 1.807) is 13.0 Å². The summed E-state index contributed by atoms with van der Waals surface area (Å²) >= 11 is 5.97. The number of methoxy groups -OCH3 is 2. The van der Waals surface area contributed by atoms with Crippen molar-refractivity contribution in [1.82, 2.24) is 4.98 Å². The fourth-order valence-electron chi connectivity index (χ4n) is 2.20. The zero-order valence-electron chi connectivity index (χ0n) is 13.2. The van der Waals surface area contributed by atoms with Crippen LogP contribution >= 0.6 is 11.6 Å². The van der Waals surface area contributed by atoms with E-state index in [1.807, 2.05) is 0 Å². The molecule has 0 unspecified atom stereocenters. The molecule has 0 saturated heterocycles. The third-order valence-electron chi connectivity index (χ3n) is 3.19. The summed E-state index contributed by atoms with van der Waals surface area (Å²) in [5, 5.41) is 0.594. The Hall–Kier alpha value is -2.67. The summed E-state index contributed by atoms with van der Waals surface area (Å²) in [6, 6.07) is 4.52. The van der Waals surface area contributed by atoms with Crippen LogP contribution in [-0.4, -0.2) is 43.7 Å². The van der Waals surface area contributed by atoms with Gasteiger partial charge in [0.1, 0.15) is 5.56 Å². The Bertz CT molecular complexity index is 833. The van der Waals surface area contributed by atoms with Crippen molar-refractivity contribution in [2.75, 3.05) is 20.8 Å². The van der Waals surface area contributed by atoms with Crippen LogP contribution in [0.15, 0.2) is 18.2 Å². The number of nitrogens with zero attached hydrogens (tertiary/aromatic N) is 1. The highest BCUT2D eigenvalue weighted by molar-refractivity contribution is 6.31. The van der Waals surface area contributed by atoms with E-state index in [9.17, 15) is 14.4 Å². The van der Waals surface area contributed by atoms with E-state index in [0.29, 0.717) is 5.02 Å². The molecule has 0 aliphatic carbocycles. The maximum Gasteiger partial charge on any atom is 0.357 e. The van der Waals surface area contributed by atoms with Crippen molar-refractivity contribution in [3.8, 4) is 0 Å². The van der Waals surface area contributed by atoms with Gasteiger partial charge in [0.2, 0.25) is 0 Å². The number of pyridine rings is 1. The number of aromatic nitrogens is 1. The molecule has 0 N–H and O–H groups in total. The molecule has 0 saturated carbocycles. The Kier molecular flexibility index (Phi) is 5.35. The molecule has 0 aliphatic rings. The lowest BCUT2D eigenvalue weighted by Crippen LogP contribution is -2.21. The molecular weight excluding hydrogens is 338 g/mol. The van der Waals surface area contributed by atoms with Crippen molar-refractivity contribution >= 4 is 40.4 Å². The summed E-state index contributed by atoms with van der Waals surface area (Å²) in [6.07, 6.45) is 0. The maximum atomic E-state index is 12.3. The molecule has 0 amide bonds. The van der Waals surface area contributed by atoms with Gasteiger partial charge in [0, 0.05) is 10.4 Å². The minimum atomic E-state index is -0.909. The van der Waals surface area contributed by atoms with Gasteiger partial charge in [0.25, 0.3) is 0 Å². The second kappa shape index (κ2) is 7.27. The largest absolute Gasteiger partial charge is 0.465 e. The Morgan fingerprint density at radius 1 is 1.04 bits per heavy atom. The molecule has 0 fully saturated rings. The first-order chi connectivity index (χ1) is 11.4. The Balaban J connectivity index is 2.95. The molecule has 7 nitrogen and oxygen atoms in total. The number of halogens is 1. The van der Waals surface area contributed by atoms with E-state index in [-0.39, 0.29) is 34.3 Å².